The molecule has 0 aliphatic rings. The molecule has 0 atom stereocenters. The van der Waals surface area contributed by atoms with Crippen LogP contribution < -0.4 is 5.73 Å². The van der Waals surface area contributed by atoms with Crippen molar-refractivity contribution >= 4 is 5.84 Å². The molecule has 94 valence electrons. The van der Waals surface area contributed by atoms with Gasteiger partial charge in [-0.3, -0.25) is 5.41 Å². The molecular weight excluding hydrogens is 245 g/mol. The van der Waals surface area contributed by atoms with Crippen LogP contribution in [0.1, 0.15) is 11.1 Å². The maximum Gasteiger partial charge on any atom is 0.418 e. The van der Waals surface area contributed by atoms with Crippen molar-refractivity contribution in [3.63, 3.8) is 0 Å². The number of hydrogen-bond donors (Lipinski definition) is 2. The second kappa shape index (κ2) is 4.17. The zero-order valence-corrected chi connectivity index (χ0v) is 9.07. The number of nitrogen functional groups attached to an aromatic ring is 1. The predicted octanol–water partition coefficient (Wildman–Crippen LogP) is 2.18. The highest BCUT2D eigenvalue weighted by Crippen LogP contribution is 2.34. The van der Waals surface area contributed by atoms with Crippen LogP contribution in [0.4, 0.5) is 13.2 Å². The molecule has 0 aliphatic heterocycles. The second-order valence-corrected chi connectivity index (χ2v) is 3.59. The van der Waals surface area contributed by atoms with Crippen molar-refractivity contribution in [3.8, 4) is 5.69 Å². The lowest BCUT2D eigenvalue weighted by atomic mass is 10.1. The molecule has 18 heavy (non-hydrogen) atoms. The van der Waals surface area contributed by atoms with Crippen molar-refractivity contribution in [3.05, 3.63) is 47.8 Å². The Balaban J connectivity index is 2.64. The normalized spacial score (nSPS) is 11.5. The van der Waals surface area contributed by atoms with Crippen molar-refractivity contribution in [1.29, 1.82) is 5.41 Å². The highest BCUT2D eigenvalue weighted by atomic mass is 19.4. The molecular formula is C11H9F3N4. The molecule has 0 saturated carbocycles. The zero-order valence-electron chi connectivity index (χ0n) is 9.07. The Bertz CT molecular complexity index is 572. The highest BCUT2D eigenvalue weighted by molar-refractivity contribution is 5.95. The molecule has 0 amide bonds. The molecule has 2 aromatic rings. The second-order valence-electron chi connectivity index (χ2n) is 3.59. The SMILES string of the molecule is N=C(N)c1ccc(-n2cccn2)c(C(F)(F)F)c1. The van der Waals surface area contributed by atoms with Gasteiger partial charge in [-0.25, -0.2) is 4.68 Å². The molecule has 0 fully saturated rings. The van der Waals surface area contributed by atoms with Crippen LogP contribution in [0.5, 0.6) is 0 Å². The number of rotatable bonds is 2. The number of halogens is 3. The predicted molar refractivity (Wildman–Crippen MR) is 59.6 cm³/mol. The number of nitrogens with two attached hydrogens (primary N) is 1. The zero-order chi connectivity index (χ0) is 13.3. The van der Waals surface area contributed by atoms with E-state index in [0.29, 0.717) is 0 Å². The lowest BCUT2D eigenvalue weighted by Crippen LogP contribution is -2.16. The van der Waals surface area contributed by atoms with Crippen molar-refractivity contribution < 1.29 is 13.2 Å². The summed E-state index contributed by atoms with van der Waals surface area (Å²) in [5, 5.41) is 10.9. The molecule has 7 heteroatoms. The number of benzene rings is 1. The summed E-state index contributed by atoms with van der Waals surface area (Å²) in [7, 11) is 0. The third-order valence-corrected chi connectivity index (χ3v) is 2.36. The summed E-state index contributed by atoms with van der Waals surface area (Å²) in [6.07, 6.45) is -1.73. The number of hydrogen-bond acceptors (Lipinski definition) is 2. The minimum atomic E-state index is -4.53. The van der Waals surface area contributed by atoms with Crippen LogP contribution in [0, 0.1) is 5.41 Å². The minimum Gasteiger partial charge on any atom is -0.384 e. The van der Waals surface area contributed by atoms with Crippen LogP contribution in [0.3, 0.4) is 0 Å². The van der Waals surface area contributed by atoms with Crippen molar-refractivity contribution in [2.45, 2.75) is 6.18 Å². The summed E-state index contributed by atoms with van der Waals surface area (Å²) in [6.45, 7) is 0. The molecule has 3 N–H and O–H groups in total. The summed E-state index contributed by atoms with van der Waals surface area (Å²) in [4.78, 5) is 0. The molecule has 0 aliphatic carbocycles. The van der Waals surface area contributed by atoms with Crippen molar-refractivity contribution in [1.82, 2.24) is 9.78 Å². The van der Waals surface area contributed by atoms with Crippen LogP contribution in [0.2, 0.25) is 0 Å². The third-order valence-electron chi connectivity index (χ3n) is 2.36. The van der Waals surface area contributed by atoms with Gasteiger partial charge in [0, 0.05) is 18.0 Å². The Morgan fingerprint density at radius 2 is 2.06 bits per heavy atom. The summed E-state index contributed by atoms with van der Waals surface area (Å²) in [6, 6.07) is 4.97. The molecule has 0 radical (unpaired) electrons. The van der Waals surface area contributed by atoms with Gasteiger partial charge in [-0.05, 0) is 24.3 Å². The summed E-state index contributed by atoms with van der Waals surface area (Å²) in [5.74, 6) is -0.410. The standard InChI is InChI=1S/C11H9F3N4/c12-11(13,14)8-6-7(10(15)16)2-3-9(8)18-5-1-4-17-18/h1-6H,(H3,15,16). The van der Waals surface area contributed by atoms with E-state index in [-0.39, 0.29) is 11.3 Å². The Hall–Kier alpha value is -2.31. The van der Waals surface area contributed by atoms with Gasteiger partial charge in [0.15, 0.2) is 0 Å². The fourth-order valence-corrected chi connectivity index (χ4v) is 1.54. The quantitative estimate of drug-likeness (QED) is 0.637. The average Bonchev–Trinajstić information content (AvgIpc) is 2.80. The van der Waals surface area contributed by atoms with Gasteiger partial charge in [0.2, 0.25) is 0 Å². The molecule has 1 aromatic carbocycles. The van der Waals surface area contributed by atoms with Gasteiger partial charge in [-0.2, -0.15) is 18.3 Å². The average molecular weight is 254 g/mol. The first-order valence-corrected chi connectivity index (χ1v) is 4.95. The van der Waals surface area contributed by atoms with Gasteiger partial charge in [-0.1, -0.05) is 0 Å². The van der Waals surface area contributed by atoms with Gasteiger partial charge in [-0.15, -0.1) is 0 Å². The first-order valence-electron chi connectivity index (χ1n) is 4.95. The van der Waals surface area contributed by atoms with E-state index in [1.807, 2.05) is 0 Å². The van der Waals surface area contributed by atoms with E-state index < -0.39 is 17.6 Å². The topological polar surface area (TPSA) is 67.7 Å². The van der Waals surface area contributed by atoms with E-state index in [2.05, 4.69) is 5.10 Å². The third kappa shape index (κ3) is 2.20. The number of alkyl halides is 3. The van der Waals surface area contributed by atoms with E-state index in [1.165, 1.54) is 30.6 Å². The Morgan fingerprint density at radius 3 is 2.56 bits per heavy atom. The number of nitrogens with one attached hydrogen (secondary N) is 1. The van der Waals surface area contributed by atoms with Crippen LogP contribution >= 0.6 is 0 Å². The van der Waals surface area contributed by atoms with E-state index in [1.54, 1.807) is 0 Å². The molecule has 0 unspecified atom stereocenters. The van der Waals surface area contributed by atoms with E-state index in [9.17, 15) is 13.2 Å². The minimum absolute atomic E-state index is 0.0261. The Labute approximate surface area is 100 Å². The molecule has 1 heterocycles. The maximum atomic E-state index is 12.9. The lowest BCUT2D eigenvalue weighted by Gasteiger charge is -2.14. The number of aromatic nitrogens is 2. The highest BCUT2D eigenvalue weighted by Gasteiger charge is 2.34. The lowest BCUT2D eigenvalue weighted by molar-refractivity contribution is -0.137. The van der Waals surface area contributed by atoms with E-state index in [0.717, 1.165) is 10.7 Å². The Morgan fingerprint density at radius 1 is 1.33 bits per heavy atom. The fraction of sp³-hybridized carbons (Fsp3) is 0.0909. The molecule has 4 nitrogen and oxygen atoms in total. The maximum absolute atomic E-state index is 12.9. The Kier molecular flexibility index (Phi) is 2.82. The first-order chi connectivity index (χ1) is 8.39. The summed E-state index contributed by atoms with van der Waals surface area (Å²) < 4.78 is 39.9. The summed E-state index contributed by atoms with van der Waals surface area (Å²) >= 11 is 0. The van der Waals surface area contributed by atoms with Gasteiger partial charge >= 0.3 is 6.18 Å². The fourth-order valence-electron chi connectivity index (χ4n) is 1.54. The first kappa shape index (κ1) is 12.2. The van der Waals surface area contributed by atoms with Gasteiger partial charge in [0.05, 0.1) is 11.3 Å². The monoisotopic (exact) mass is 254 g/mol. The number of amidine groups is 1. The van der Waals surface area contributed by atoms with Gasteiger partial charge < -0.3 is 5.73 Å². The number of nitrogens with zero attached hydrogens (tertiary/aromatic N) is 2. The van der Waals surface area contributed by atoms with Crippen LogP contribution in [0.15, 0.2) is 36.7 Å². The van der Waals surface area contributed by atoms with Crippen LogP contribution in [-0.4, -0.2) is 15.6 Å². The van der Waals surface area contributed by atoms with E-state index in [4.69, 9.17) is 11.1 Å². The summed E-state index contributed by atoms with van der Waals surface area (Å²) in [5.41, 5.74) is 4.24. The van der Waals surface area contributed by atoms with Gasteiger partial charge in [0.25, 0.3) is 0 Å². The largest absolute Gasteiger partial charge is 0.418 e. The van der Waals surface area contributed by atoms with Crippen LogP contribution in [0.25, 0.3) is 5.69 Å². The van der Waals surface area contributed by atoms with Crippen molar-refractivity contribution in [2.75, 3.05) is 0 Å². The van der Waals surface area contributed by atoms with Gasteiger partial charge in [0.1, 0.15) is 5.84 Å². The smallest absolute Gasteiger partial charge is 0.384 e. The molecule has 0 bridgehead atoms. The van der Waals surface area contributed by atoms with Crippen LogP contribution in [-0.2, 0) is 6.18 Å². The molecule has 2 rings (SSSR count). The molecule has 0 spiro atoms. The van der Waals surface area contributed by atoms with E-state index >= 15 is 0 Å². The molecule has 1 aromatic heterocycles. The molecule has 0 saturated heterocycles. The van der Waals surface area contributed by atoms with Crippen molar-refractivity contribution in [2.24, 2.45) is 5.73 Å².